The molecule has 4 rings (SSSR count). The molecule has 10 heteroatoms. The molecule has 3 aromatic rings. The summed E-state index contributed by atoms with van der Waals surface area (Å²) < 4.78 is 5.22. The number of amides is 2. The molecule has 35 heavy (non-hydrogen) atoms. The highest BCUT2D eigenvalue weighted by atomic mass is 32.2. The number of nitrogens with zero attached hydrogens (tertiary/aromatic N) is 3. The van der Waals surface area contributed by atoms with Gasteiger partial charge in [-0.3, -0.25) is 24.6 Å². The van der Waals surface area contributed by atoms with Crippen LogP contribution in [0.5, 0.6) is 0 Å². The number of furan rings is 1. The molecule has 2 heterocycles. The van der Waals surface area contributed by atoms with Gasteiger partial charge in [-0.2, -0.15) is 5.26 Å². The fraction of sp³-hybridized carbons (Fsp3) is 0.160. The number of non-ortho nitro benzene ring substituents is 1. The third-order valence-corrected chi connectivity index (χ3v) is 6.61. The van der Waals surface area contributed by atoms with Crippen molar-refractivity contribution in [3.05, 3.63) is 105 Å². The van der Waals surface area contributed by atoms with Crippen LogP contribution in [0.2, 0.25) is 0 Å². The molecule has 176 valence electrons. The summed E-state index contributed by atoms with van der Waals surface area (Å²) in [4.78, 5) is 38.4. The first-order valence-corrected chi connectivity index (χ1v) is 11.5. The average molecular weight is 489 g/mol. The third kappa shape index (κ3) is 5.26. The summed E-state index contributed by atoms with van der Waals surface area (Å²) in [6.07, 6.45) is 1.68. The molecule has 2 amide bonds. The first-order chi connectivity index (χ1) is 16.9. The van der Waals surface area contributed by atoms with Crippen LogP contribution in [0.4, 0.5) is 11.4 Å². The molecular formula is C25H20N4O5S. The van der Waals surface area contributed by atoms with Crippen molar-refractivity contribution in [3.8, 4) is 6.07 Å². The number of hydrogen-bond acceptors (Lipinski definition) is 7. The number of rotatable bonds is 7. The zero-order valence-electron chi connectivity index (χ0n) is 18.6. The summed E-state index contributed by atoms with van der Waals surface area (Å²) in [6.45, 7) is 2.00. The number of benzene rings is 2. The molecule has 1 atom stereocenters. The summed E-state index contributed by atoms with van der Waals surface area (Å²) in [6, 6.07) is 18.6. The van der Waals surface area contributed by atoms with Gasteiger partial charge in [0.1, 0.15) is 22.4 Å². The van der Waals surface area contributed by atoms with Crippen LogP contribution in [0.3, 0.4) is 0 Å². The molecule has 1 N–H and O–H groups in total. The maximum absolute atomic E-state index is 13.5. The summed E-state index contributed by atoms with van der Waals surface area (Å²) >= 11 is 1.10. The largest absolute Gasteiger partial charge is 0.467 e. The SMILES string of the molecule is Cc1ccc(N2C(=O)C(Cc3cccc([N+](=O)[O-])c3)S/C2=C(\C#N)C(=O)NCc2ccco2)cc1. The summed E-state index contributed by atoms with van der Waals surface area (Å²) in [5.41, 5.74) is 1.85. The molecule has 1 aromatic heterocycles. The number of carbonyl (C=O) groups excluding carboxylic acids is 2. The lowest BCUT2D eigenvalue weighted by Crippen LogP contribution is -2.32. The van der Waals surface area contributed by atoms with Crippen molar-refractivity contribution in [2.45, 2.75) is 25.1 Å². The quantitative estimate of drug-likeness (QED) is 0.228. The number of nitriles is 1. The van der Waals surface area contributed by atoms with Gasteiger partial charge in [-0.1, -0.05) is 41.6 Å². The molecule has 1 saturated heterocycles. The van der Waals surface area contributed by atoms with E-state index in [1.807, 2.05) is 25.1 Å². The Morgan fingerprint density at radius 2 is 2.00 bits per heavy atom. The van der Waals surface area contributed by atoms with E-state index < -0.39 is 16.1 Å². The fourth-order valence-corrected chi connectivity index (χ4v) is 4.90. The smallest absolute Gasteiger partial charge is 0.269 e. The van der Waals surface area contributed by atoms with Crippen molar-refractivity contribution in [1.82, 2.24) is 5.32 Å². The monoisotopic (exact) mass is 488 g/mol. The van der Waals surface area contributed by atoms with E-state index in [-0.39, 0.29) is 35.2 Å². The van der Waals surface area contributed by atoms with E-state index in [2.05, 4.69) is 5.32 Å². The van der Waals surface area contributed by atoms with Crippen molar-refractivity contribution in [2.24, 2.45) is 0 Å². The predicted octanol–water partition coefficient (Wildman–Crippen LogP) is 4.24. The fourth-order valence-electron chi connectivity index (χ4n) is 3.60. The van der Waals surface area contributed by atoms with Crippen LogP contribution in [-0.2, 0) is 22.6 Å². The van der Waals surface area contributed by atoms with Crippen molar-refractivity contribution in [1.29, 1.82) is 5.26 Å². The van der Waals surface area contributed by atoms with Gasteiger partial charge in [0, 0.05) is 17.8 Å². The van der Waals surface area contributed by atoms with Crippen molar-refractivity contribution in [2.75, 3.05) is 4.90 Å². The van der Waals surface area contributed by atoms with Gasteiger partial charge >= 0.3 is 0 Å². The maximum atomic E-state index is 13.5. The highest BCUT2D eigenvalue weighted by Gasteiger charge is 2.41. The number of carbonyl (C=O) groups is 2. The van der Waals surface area contributed by atoms with Gasteiger partial charge in [-0.05, 0) is 43.2 Å². The second-order valence-electron chi connectivity index (χ2n) is 7.80. The summed E-state index contributed by atoms with van der Waals surface area (Å²) in [5, 5.41) is 23.2. The molecule has 0 saturated carbocycles. The Morgan fingerprint density at radius 3 is 2.66 bits per heavy atom. The number of nitro groups is 1. The lowest BCUT2D eigenvalue weighted by Gasteiger charge is -2.19. The molecule has 2 aromatic carbocycles. The molecule has 1 aliphatic heterocycles. The molecule has 1 aliphatic rings. The highest BCUT2D eigenvalue weighted by molar-refractivity contribution is 8.05. The highest BCUT2D eigenvalue weighted by Crippen LogP contribution is 2.42. The van der Waals surface area contributed by atoms with Gasteiger partial charge in [0.15, 0.2) is 0 Å². The van der Waals surface area contributed by atoms with Gasteiger partial charge in [-0.15, -0.1) is 0 Å². The van der Waals surface area contributed by atoms with Gasteiger partial charge in [0.05, 0.1) is 23.0 Å². The number of hydrogen-bond donors (Lipinski definition) is 1. The zero-order valence-corrected chi connectivity index (χ0v) is 19.5. The number of nitro benzene ring substituents is 1. The Kier molecular flexibility index (Phi) is 6.98. The van der Waals surface area contributed by atoms with Gasteiger partial charge in [0.2, 0.25) is 5.91 Å². The third-order valence-electron chi connectivity index (χ3n) is 5.34. The van der Waals surface area contributed by atoms with E-state index in [9.17, 15) is 25.0 Å². The van der Waals surface area contributed by atoms with Gasteiger partial charge in [-0.25, -0.2) is 0 Å². The van der Waals surface area contributed by atoms with Crippen LogP contribution in [0.15, 0.2) is 81.9 Å². The van der Waals surface area contributed by atoms with Crippen molar-refractivity contribution in [3.63, 3.8) is 0 Å². The van der Waals surface area contributed by atoms with Crippen molar-refractivity contribution < 1.29 is 18.9 Å². The Balaban J connectivity index is 1.68. The topological polar surface area (TPSA) is 129 Å². The minimum absolute atomic E-state index is 0.0703. The molecule has 9 nitrogen and oxygen atoms in total. The normalized spacial score (nSPS) is 16.6. The Bertz CT molecular complexity index is 1340. The van der Waals surface area contributed by atoms with E-state index >= 15 is 0 Å². The average Bonchev–Trinajstić information content (AvgIpc) is 3.48. The predicted molar refractivity (Wildman–Crippen MR) is 130 cm³/mol. The first kappa shape index (κ1) is 23.8. The number of thioether (sulfide) groups is 1. The Morgan fingerprint density at radius 1 is 1.23 bits per heavy atom. The lowest BCUT2D eigenvalue weighted by molar-refractivity contribution is -0.384. The van der Waals surface area contributed by atoms with Gasteiger partial charge in [0.25, 0.3) is 11.6 Å². The van der Waals surface area contributed by atoms with Crippen LogP contribution in [-0.4, -0.2) is 22.0 Å². The Hall–Kier alpha value is -4.36. The molecule has 0 bridgehead atoms. The summed E-state index contributed by atoms with van der Waals surface area (Å²) in [5.74, 6) is -0.422. The molecule has 0 radical (unpaired) electrons. The van der Waals surface area contributed by atoms with Crippen LogP contribution < -0.4 is 10.2 Å². The molecular weight excluding hydrogens is 468 g/mol. The van der Waals surface area contributed by atoms with Crippen LogP contribution in [0.1, 0.15) is 16.9 Å². The maximum Gasteiger partial charge on any atom is 0.269 e. The first-order valence-electron chi connectivity index (χ1n) is 10.6. The molecule has 1 fully saturated rings. The second kappa shape index (κ2) is 10.3. The number of nitrogens with one attached hydrogen (secondary N) is 1. The lowest BCUT2D eigenvalue weighted by atomic mass is 10.1. The minimum atomic E-state index is -0.672. The zero-order chi connectivity index (χ0) is 24.9. The number of anilines is 1. The van der Waals surface area contributed by atoms with Gasteiger partial charge < -0.3 is 9.73 Å². The van der Waals surface area contributed by atoms with E-state index in [1.165, 1.54) is 23.3 Å². The van der Waals surface area contributed by atoms with Crippen LogP contribution >= 0.6 is 11.8 Å². The molecule has 0 aliphatic carbocycles. The van der Waals surface area contributed by atoms with E-state index in [0.29, 0.717) is 17.0 Å². The van der Waals surface area contributed by atoms with Crippen molar-refractivity contribution >= 4 is 35.0 Å². The summed E-state index contributed by atoms with van der Waals surface area (Å²) in [7, 11) is 0. The number of aryl methyl sites for hydroxylation is 1. The van der Waals surface area contributed by atoms with E-state index in [4.69, 9.17) is 4.42 Å². The Labute approximate surface area is 205 Å². The van der Waals surface area contributed by atoms with Crippen LogP contribution in [0, 0.1) is 28.4 Å². The molecule has 1 unspecified atom stereocenters. The standard InChI is InChI=1S/C25H20N4O5S/c1-16-7-9-18(10-8-16)28-24(31)22(13-17-4-2-5-19(12-17)29(32)33)35-25(28)21(14-26)23(30)27-15-20-6-3-11-34-20/h2-12,22H,13,15H2,1H3,(H,27,30)/b25-21+. The van der Waals surface area contributed by atoms with E-state index in [0.717, 1.165) is 17.3 Å². The molecule has 0 spiro atoms. The van der Waals surface area contributed by atoms with E-state index in [1.54, 1.807) is 36.4 Å². The second-order valence-corrected chi connectivity index (χ2v) is 8.99. The minimum Gasteiger partial charge on any atom is -0.467 e. The van der Waals surface area contributed by atoms with Crippen LogP contribution in [0.25, 0.3) is 0 Å².